The van der Waals surface area contributed by atoms with E-state index in [2.05, 4.69) is 10.2 Å². The SMILES string of the molecule is Cc1nnc(-c2ccc3c(c2)N(C)C(=O)CCO3)o1. The van der Waals surface area contributed by atoms with Gasteiger partial charge in [0, 0.05) is 19.5 Å². The number of benzene rings is 1. The second-order valence-electron chi connectivity index (χ2n) is 4.36. The fourth-order valence-electron chi connectivity index (χ4n) is 2.00. The topological polar surface area (TPSA) is 68.5 Å². The zero-order valence-electron chi connectivity index (χ0n) is 10.7. The second-order valence-corrected chi connectivity index (χ2v) is 4.36. The average molecular weight is 259 g/mol. The number of carbonyl (C=O) groups excluding carboxylic acids is 1. The summed E-state index contributed by atoms with van der Waals surface area (Å²) >= 11 is 0. The number of aryl methyl sites for hydroxylation is 1. The van der Waals surface area contributed by atoms with Crippen molar-refractivity contribution in [3.8, 4) is 17.2 Å². The van der Waals surface area contributed by atoms with E-state index in [4.69, 9.17) is 9.15 Å². The molecule has 3 rings (SSSR count). The molecule has 0 spiro atoms. The van der Waals surface area contributed by atoms with Gasteiger partial charge in [-0.25, -0.2) is 0 Å². The van der Waals surface area contributed by atoms with E-state index in [0.29, 0.717) is 30.6 Å². The van der Waals surface area contributed by atoms with Crippen LogP contribution in [0.4, 0.5) is 5.69 Å². The summed E-state index contributed by atoms with van der Waals surface area (Å²) in [7, 11) is 1.73. The van der Waals surface area contributed by atoms with E-state index >= 15 is 0 Å². The van der Waals surface area contributed by atoms with Crippen LogP contribution in [-0.2, 0) is 4.79 Å². The van der Waals surface area contributed by atoms with Crippen LogP contribution in [0.25, 0.3) is 11.5 Å². The standard InChI is InChI=1S/C13H13N3O3/c1-8-14-15-13(19-8)9-3-4-11-10(7-9)16(2)12(17)5-6-18-11/h3-4,7H,5-6H2,1-2H3. The molecule has 1 aliphatic heterocycles. The number of fused-ring (bicyclic) bond motifs is 1. The summed E-state index contributed by atoms with van der Waals surface area (Å²) < 4.78 is 10.9. The number of hydrogen-bond donors (Lipinski definition) is 0. The zero-order chi connectivity index (χ0) is 13.4. The van der Waals surface area contributed by atoms with E-state index in [-0.39, 0.29) is 5.91 Å². The van der Waals surface area contributed by atoms with E-state index in [9.17, 15) is 4.79 Å². The van der Waals surface area contributed by atoms with Gasteiger partial charge in [0.1, 0.15) is 5.75 Å². The van der Waals surface area contributed by atoms with Crippen molar-refractivity contribution in [2.75, 3.05) is 18.6 Å². The maximum absolute atomic E-state index is 11.8. The largest absolute Gasteiger partial charge is 0.491 e. The Balaban J connectivity index is 2.07. The Kier molecular flexibility index (Phi) is 2.70. The Morgan fingerprint density at radius 3 is 2.89 bits per heavy atom. The van der Waals surface area contributed by atoms with Crippen molar-refractivity contribution in [3.63, 3.8) is 0 Å². The second kappa shape index (κ2) is 4.38. The van der Waals surface area contributed by atoms with Crippen molar-refractivity contribution in [3.05, 3.63) is 24.1 Å². The smallest absolute Gasteiger partial charge is 0.247 e. The monoisotopic (exact) mass is 259 g/mol. The van der Waals surface area contributed by atoms with Gasteiger partial charge in [0.2, 0.25) is 17.7 Å². The van der Waals surface area contributed by atoms with Crippen LogP contribution < -0.4 is 9.64 Å². The number of anilines is 1. The highest BCUT2D eigenvalue weighted by atomic mass is 16.5. The maximum atomic E-state index is 11.8. The fourth-order valence-corrected chi connectivity index (χ4v) is 2.00. The van der Waals surface area contributed by atoms with Gasteiger partial charge in [0.05, 0.1) is 18.7 Å². The third-order valence-electron chi connectivity index (χ3n) is 3.04. The zero-order valence-corrected chi connectivity index (χ0v) is 10.7. The molecule has 0 N–H and O–H groups in total. The summed E-state index contributed by atoms with van der Waals surface area (Å²) in [5, 5.41) is 7.77. The van der Waals surface area contributed by atoms with Gasteiger partial charge in [-0.3, -0.25) is 4.79 Å². The molecule has 98 valence electrons. The molecule has 0 saturated carbocycles. The molecule has 1 aromatic carbocycles. The molecule has 2 aromatic rings. The summed E-state index contributed by atoms with van der Waals surface area (Å²) in [6, 6.07) is 5.49. The normalized spacial score (nSPS) is 14.8. The molecule has 0 saturated heterocycles. The number of nitrogens with zero attached hydrogens (tertiary/aromatic N) is 3. The molecule has 0 aliphatic carbocycles. The lowest BCUT2D eigenvalue weighted by molar-refractivity contribution is -0.118. The molecule has 2 heterocycles. The van der Waals surface area contributed by atoms with E-state index < -0.39 is 0 Å². The van der Waals surface area contributed by atoms with E-state index in [1.807, 2.05) is 18.2 Å². The molecular formula is C13H13N3O3. The van der Waals surface area contributed by atoms with Crippen molar-refractivity contribution < 1.29 is 13.9 Å². The molecule has 0 radical (unpaired) electrons. The van der Waals surface area contributed by atoms with Gasteiger partial charge in [-0.05, 0) is 18.2 Å². The predicted octanol–water partition coefficient (Wildman–Crippen LogP) is 1.79. The highest BCUT2D eigenvalue weighted by Gasteiger charge is 2.21. The molecule has 1 amide bonds. The van der Waals surface area contributed by atoms with E-state index in [0.717, 1.165) is 11.3 Å². The van der Waals surface area contributed by atoms with E-state index in [1.165, 1.54) is 0 Å². The number of hydrogen-bond acceptors (Lipinski definition) is 5. The van der Waals surface area contributed by atoms with Gasteiger partial charge in [0.15, 0.2) is 0 Å². The van der Waals surface area contributed by atoms with Crippen molar-refractivity contribution in [1.29, 1.82) is 0 Å². The lowest BCUT2D eigenvalue weighted by atomic mass is 10.1. The first-order chi connectivity index (χ1) is 9.15. The van der Waals surface area contributed by atoms with E-state index in [1.54, 1.807) is 18.9 Å². The molecule has 6 heteroatoms. The summed E-state index contributed by atoms with van der Waals surface area (Å²) in [5.74, 6) is 1.65. The minimum atomic E-state index is 0.0256. The van der Waals surface area contributed by atoms with Crippen LogP contribution in [0.15, 0.2) is 22.6 Å². The molecule has 0 unspecified atom stereocenters. The minimum absolute atomic E-state index is 0.0256. The summed E-state index contributed by atoms with van der Waals surface area (Å²) in [6.07, 6.45) is 0.375. The Labute approximate surface area is 110 Å². The molecule has 19 heavy (non-hydrogen) atoms. The Bertz CT molecular complexity index is 636. The molecule has 0 bridgehead atoms. The number of carbonyl (C=O) groups is 1. The molecular weight excluding hydrogens is 246 g/mol. The first kappa shape index (κ1) is 11.7. The van der Waals surface area contributed by atoms with Gasteiger partial charge in [-0.15, -0.1) is 10.2 Å². The van der Waals surface area contributed by atoms with Gasteiger partial charge >= 0.3 is 0 Å². The number of rotatable bonds is 1. The van der Waals surface area contributed by atoms with Crippen LogP contribution in [-0.4, -0.2) is 29.8 Å². The van der Waals surface area contributed by atoms with Crippen molar-refractivity contribution in [2.45, 2.75) is 13.3 Å². The molecule has 1 aliphatic rings. The molecule has 6 nitrogen and oxygen atoms in total. The Morgan fingerprint density at radius 2 is 2.16 bits per heavy atom. The van der Waals surface area contributed by atoms with Crippen LogP contribution >= 0.6 is 0 Å². The number of aromatic nitrogens is 2. The highest BCUT2D eigenvalue weighted by Crippen LogP contribution is 2.34. The summed E-state index contributed by atoms with van der Waals surface area (Å²) in [6.45, 7) is 2.13. The van der Waals surface area contributed by atoms with Gasteiger partial charge in [-0.2, -0.15) is 0 Å². The van der Waals surface area contributed by atoms with Crippen LogP contribution in [0.1, 0.15) is 12.3 Å². The summed E-state index contributed by atoms with van der Waals surface area (Å²) in [5.41, 5.74) is 1.49. The van der Waals surface area contributed by atoms with Crippen LogP contribution in [0.2, 0.25) is 0 Å². The van der Waals surface area contributed by atoms with Gasteiger partial charge in [0.25, 0.3) is 0 Å². The molecule has 0 fully saturated rings. The van der Waals surface area contributed by atoms with Crippen molar-refractivity contribution >= 4 is 11.6 Å². The first-order valence-corrected chi connectivity index (χ1v) is 5.99. The summed E-state index contributed by atoms with van der Waals surface area (Å²) in [4.78, 5) is 13.4. The number of amides is 1. The van der Waals surface area contributed by atoms with Crippen molar-refractivity contribution in [2.24, 2.45) is 0 Å². The maximum Gasteiger partial charge on any atom is 0.247 e. The first-order valence-electron chi connectivity index (χ1n) is 5.99. The van der Waals surface area contributed by atoms with Gasteiger partial charge in [-0.1, -0.05) is 0 Å². The third kappa shape index (κ3) is 2.05. The van der Waals surface area contributed by atoms with Crippen LogP contribution in [0.5, 0.6) is 5.75 Å². The lowest BCUT2D eigenvalue weighted by Crippen LogP contribution is -2.25. The quantitative estimate of drug-likeness (QED) is 0.781. The lowest BCUT2D eigenvalue weighted by Gasteiger charge is -2.16. The molecule has 0 atom stereocenters. The minimum Gasteiger partial charge on any atom is -0.491 e. The fraction of sp³-hybridized carbons (Fsp3) is 0.308. The van der Waals surface area contributed by atoms with Crippen LogP contribution in [0, 0.1) is 6.92 Å². The van der Waals surface area contributed by atoms with Crippen molar-refractivity contribution in [1.82, 2.24) is 10.2 Å². The van der Waals surface area contributed by atoms with Gasteiger partial charge < -0.3 is 14.1 Å². The predicted molar refractivity (Wildman–Crippen MR) is 68.0 cm³/mol. The third-order valence-corrected chi connectivity index (χ3v) is 3.04. The Morgan fingerprint density at radius 1 is 1.32 bits per heavy atom. The average Bonchev–Trinajstić information content (AvgIpc) is 2.79. The van der Waals surface area contributed by atoms with Crippen LogP contribution in [0.3, 0.4) is 0 Å². The highest BCUT2D eigenvalue weighted by molar-refractivity contribution is 5.95. The molecule has 1 aromatic heterocycles. The number of ether oxygens (including phenoxy) is 1. The Hall–Kier alpha value is -2.37.